The summed E-state index contributed by atoms with van der Waals surface area (Å²) < 4.78 is 11.5. The van der Waals surface area contributed by atoms with Gasteiger partial charge in [0.15, 0.2) is 5.11 Å². The fraction of sp³-hybridized carbons (Fsp3) is 0.130. The van der Waals surface area contributed by atoms with Crippen LogP contribution in [0.15, 0.2) is 64.7 Å². The fourth-order valence-electron chi connectivity index (χ4n) is 3.12. The monoisotopic (exact) mass is 438 g/mol. The highest BCUT2D eigenvalue weighted by atomic mass is 35.5. The predicted octanol–water partition coefficient (Wildman–Crippen LogP) is 5.39. The van der Waals surface area contributed by atoms with Gasteiger partial charge >= 0.3 is 0 Å². The number of furan rings is 1. The van der Waals surface area contributed by atoms with Crippen LogP contribution in [0.2, 0.25) is 5.02 Å². The number of halogens is 1. The Morgan fingerprint density at radius 2 is 1.93 bits per heavy atom. The molecule has 4 rings (SSSR count). The third-order valence-electron chi connectivity index (χ3n) is 4.71. The molecular weight excluding hydrogens is 420 g/mol. The average Bonchev–Trinajstić information content (AvgIpc) is 3.28. The number of anilines is 1. The Hall–Kier alpha value is -3.09. The smallest absolute Gasteiger partial charge is 0.281 e. The van der Waals surface area contributed by atoms with Crippen LogP contribution in [-0.4, -0.2) is 11.0 Å². The van der Waals surface area contributed by atoms with Crippen molar-refractivity contribution in [2.75, 3.05) is 4.90 Å². The lowest BCUT2D eigenvalue weighted by atomic mass is 10.2. The first-order valence-electron chi connectivity index (χ1n) is 9.33. The molecule has 1 fully saturated rings. The van der Waals surface area contributed by atoms with Crippen LogP contribution < -0.4 is 15.0 Å². The number of hydrogen-bond donors (Lipinski definition) is 1. The van der Waals surface area contributed by atoms with E-state index in [1.54, 1.807) is 18.2 Å². The van der Waals surface area contributed by atoms with E-state index >= 15 is 0 Å². The van der Waals surface area contributed by atoms with E-state index in [0.29, 0.717) is 33.1 Å². The fourth-order valence-corrected chi connectivity index (χ4v) is 3.53. The van der Waals surface area contributed by atoms with Crippen LogP contribution in [0.25, 0.3) is 6.08 Å². The second kappa shape index (κ2) is 8.34. The minimum atomic E-state index is -0.222. The van der Waals surface area contributed by atoms with Gasteiger partial charge in [-0.2, -0.15) is 0 Å². The first-order chi connectivity index (χ1) is 14.4. The van der Waals surface area contributed by atoms with Gasteiger partial charge in [0.25, 0.3) is 5.91 Å². The largest absolute Gasteiger partial charge is 0.486 e. The number of ether oxygens (including phenoxy) is 1. The molecule has 30 heavy (non-hydrogen) atoms. The van der Waals surface area contributed by atoms with Crippen molar-refractivity contribution < 1.29 is 13.9 Å². The lowest BCUT2D eigenvalue weighted by Crippen LogP contribution is -2.30. The van der Waals surface area contributed by atoms with Crippen molar-refractivity contribution in [1.29, 1.82) is 0 Å². The Labute approximate surface area is 184 Å². The summed E-state index contributed by atoms with van der Waals surface area (Å²) in [6.07, 6.45) is 1.64. The molecule has 0 radical (unpaired) electrons. The topological polar surface area (TPSA) is 54.7 Å². The van der Waals surface area contributed by atoms with Crippen molar-refractivity contribution in [2.24, 2.45) is 0 Å². The summed E-state index contributed by atoms with van der Waals surface area (Å²) in [5.74, 6) is 1.66. The molecule has 7 heteroatoms. The molecule has 0 spiro atoms. The van der Waals surface area contributed by atoms with E-state index in [9.17, 15) is 4.79 Å². The van der Waals surface area contributed by atoms with E-state index in [-0.39, 0.29) is 12.5 Å². The van der Waals surface area contributed by atoms with E-state index < -0.39 is 0 Å². The van der Waals surface area contributed by atoms with Gasteiger partial charge in [0.1, 0.15) is 29.6 Å². The van der Waals surface area contributed by atoms with E-state index in [0.717, 1.165) is 16.8 Å². The molecule has 1 amide bonds. The van der Waals surface area contributed by atoms with E-state index in [2.05, 4.69) is 5.32 Å². The molecule has 0 bridgehead atoms. The zero-order valence-corrected chi connectivity index (χ0v) is 18.0. The molecule has 1 aromatic heterocycles. The maximum atomic E-state index is 12.9. The summed E-state index contributed by atoms with van der Waals surface area (Å²) in [7, 11) is 0. The standard InChI is InChI=1S/C23H19ClN2O3S/c1-14-5-3-4-6-21(14)26-22(27)20(25-23(26)30)12-17-7-8-18(29-17)13-28-16-9-10-19(24)15(2)11-16/h3-12H,13H2,1-2H3,(H,25,30)/b20-12+. The summed E-state index contributed by atoms with van der Waals surface area (Å²) in [5, 5.41) is 4.01. The van der Waals surface area contributed by atoms with Crippen molar-refractivity contribution >= 4 is 46.6 Å². The summed E-state index contributed by atoms with van der Waals surface area (Å²) in [6.45, 7) is 4.12. The quantitative estimate of drug-likeness (QED) is 0.427. The molecule has 152 valence electrons. The van der Waals surface area contributed by atoms with Gasteiger partial charge in [0.05, 0.1) is 5.69 Å². The average molecular weight is 439 g/mol. The van der Waals surface area contributed by atoms with Crippen LogP contribution in [0.5, 0.6) is 5.75 Å². The zero-order chi connectivity index (χ0) is 21.3. The van der Waals surface area contributed by atoms with E-state index in [1.165, 1.54) is 4.90 Å². The number of aryl methyl sites for hydroxylation is 2. The predicted molar refractivity (Wildman–Crippen MR) is 122 cm³/mol. The Morgan fingerprint density at radius 1 is 1.13 bits per heavy atom. The van der Waals surface area contributed by atoms with Crippen LogP contribution in [0.3, 0.4) is 0 Å². The van der Waals surface area contributed by atoms with Gasteiger partial charge in [0, 0.05) is 11.1 Å². The molecule has 3 aromatic rings. The summed E-state index contributed by atoms with van der Waals surface area (Å²) in [5.41, 5.74) is 3.03. The number of nitrogens with zero attached hydrogens (tertiary/aromatic N) is 1. The number of nitrogens with one attached hydrogen (secondary N) is 1. The summed E-state index contributed by atoms with van der Waals surface area (Å²) in [4.78, 5) is 14.4. The van der Waals surface area contributed by atoms with Gasteiger partial charge in [0.2, 0.25) is 0 Å². The van der Waals surface area contributed by atoms with Crippen LogP contribution >= 0.6 is 23.8 Å². The molecule has 5 nitrogen and oxygen atoms in total. The molecule has 1 aliphatic rings. The number of amides is 1. The third kappa shape index (κ3) is 4.10. The van der Waals surface area contributed by atoms with Crippen LogP contribution in [0.4, 0.5) is 5.69 Å². The van der Waals surface area contributed by atoms with Crippen LogP contribution in [-0.2, 0) is 11.4 Å². The van der Waals surface area contributed by atoms with Crippen molar-refractivity contribution in [1.82, 2.24) is 5.32 Å². The lowest BCUT2D eigenvalue weighted by Gasteiger charge is -2.16. The van der Waals surface area contributed by atoms with Crippen LogP contribution in [0.1, 0.15) is 22.6 Å². The number of rotatable bonds is 5. The maximum absolute atomic E-state index is 12.9. The first-order valence-corrected chi connectivity index (χ1v) is 10.1. The normalized spacial score (nSPS) is 15.0. The highest BCUT2D eigenvalue weighted by molar-refractivity contribution is 7.80. The first kappa shape index (κ1) is 20.2. The molecule has 0 aliphatic carbocycles. The van der Waals surface area contributed by atoms with Crippen molar-refractivity contribution in [3.05, 3.63) is 88.0 Å². The molecule has 1 saturated heterocycles. The summed E-state index contributed by atoms with van der Waals surface area (Å²) >= 11 is 11.4. The van der Waals surface area contributed by atoms with Gasteiger partial charge in [-0.25, -0.2) is 0 Å². The molecule has 2 aromatic carbocycles. The van der Waals surface area contributed by atoms with E-state index in [1.807, 2.05) is 56.3 Å². The number of para-hydroxylation sites is 1. The molecule has 1 aliphatic heterocycles. The van der Waals surface area contributed by atoms with Gasteiger partial charge in [-0.3, -0.25) is 9.69 Å². The van der Waals surface area contributed by atoms with Gasteiger partial charge in [-0.05, 0) is 73.6 Å². The Kier molecular flexibility index (Phi) is 5.61. The van der Waals surface area contributed by atoms with Crippen molar-refractivity contribution in [3.8, 4) is 5.75 Å². The highest BCUT2D eigenvalue weighted by Crippen LogP contribution is 2.26. The SMILES string of the molecule is Cc1cc(OCc2ccc(/C=C3/NC(=S)N(c4ccccc4C)C3=O)o2)ccc1Cl. The number of hydrogen-bond acceptors (Lipinski definition) is 4. The van der Waals surface area contributed by atoms with Crippen molar-refractivity contribution in [2.45, 2.75) is 20.5 Å². The molecular formula is C23H19ClN2O3S. The number of benzene rings is 2. The Bertz CT molecular complexity index is 1170. The second-order valence-corrected chi connectivity index (χ2v) is 7.71. The summed E-state index contributed by atoms with van der Waals surface area (Å²) in [6, 6.07) is 16.7. The lowest BCUT2D eigenvalue weighted by molar-refractivity contribution is -0.113. The van der Waals surface area contributed by atoms with Gasteiger partial charge in [-0.15, -0.1) is 0 Å². The minimum Gasteiger partial charge on any atom is -0.486 e. The molecule has 1 N–H and O–H groups in total. The molecule has 0 atom stereocenters. The Morgan fingerprint density at radius 3 is 2.70 bits per heavy atom. The second-order valence-electron chi connectivity index (χ2n) is 6.92. The van der Waals surface area contributed by atoms with Crippen LogP contribution in [0, 0.1) is 13.8 Å². The minimum absolute atomic E-state index is 0.222. The maximum Gasteiger partial charge on any atom is 0.281 e. The van der Waals surface area contributed by atoms with E-state index in [4.69, 9.17) is 33.0 Å². The Balaban J connectivity index is 1.47. The highest BCUT2D eigenvalue weighted by Gasteiger charge is 2.32. The van der Waals surface area contributed by atoms with Gasteiger partial charge < -0.3 is 14.5 Å². The number of thiocarbonyl (C=S) groups is 1. The number of carbonyl (C=O) groups is 1. The third-order valence-corrected chi connectivity index (χ3v) is 5.42. The molecule has 2 heterocycles. The van der Waals surface area contributed by atoms with Crippen molar-refractivity contribution in [3.63, 3.8) is 0 Å². The number of carbonyl (C=O) groups excluding carboxylic acids is 1. The molecule has 0 saturated carbocycles. The zero-order valence-electron chi connectivity index (χ0n) is 16.4. The van der Waals surface area contributed by atoms with Gasteiger partial charge in [-0.1, -0.05) is 29.8 Å². The molecule has 0 unspecified atom stereocenters.